The molecule has 1 rings (SSSR count). The second-order valence-electron chi connectivity index (χ2n) is 3.69. The van der Waals surface area contributed by atoms with Crippen molar-refractivity contribution in [3.05, 3.63) is 34.9 Å². The van der Waals surface area contributed by atoms with E-state index in [4.69, 9.17) is 9.94 Å². The number of rotatable bonds is 5. The van der Waals surface area contributed by atoms with Crippen molar-refractivity contribution >= 4 is 12.2 Å². The molecule has 1 N–H and O–H groups in total. The smallest absolute Gasteiger partial charge is 0.306 e. The molecule has 0 amide bonds. The van der Waals surface area contributed by atoms with Crippen molar-refractivity contribution in [1.29, 1.82) is 0 Å². The molecule has 0 radical (unpaired) electrons. The van der Waals surface area contributed by atoms with Gasteiger partial charge in [-0.25, -0.2) is 0 Å². The third kappa shape index (κ3) is 3.90. The summed E-state index contributed by atoms with van der Waals surface area (Å²) in [5.41, 5.74) is 2.92. The van der Waals surface area contributed by atoms with Crippen LogP contribution in [0.1, 0.15) is 30.0 Å². The molecule has 0 heterocycles. The molecule has 0 aliphatic rings. The van der Waals surface area contributed by atoms with Crippen LogP contribution in [-0.4, -0.2) is 24.0 Å². The zero-order valence-corrected chi connectivity index (χ0v) is 10.1. The number of ether oxygens (including phenoxy) is 1. The number of oxime groups is 1. The van der Waals surface area contributed by atoms with Gasteiger partial charge in [-0.1, -0.05) is 23.4 Å². The van der Waals surface area contributed by atoms with Gasteiger partial charge in [0.05, 0.1) is 12.8 Å². The van der Waals surface area contributed by atoms with Gasteiger partial charge in [0.2, 0.25) is 0 Å². The summed E-state index contributed by atoms with van der Waals surface area (Å²) in [5.74, 6) is -0.206. The van der Waals surface area contributed by atoms with E-state index in [0.717, 1.165) is 16.7 Å². The molecule has 0 atom stereocenters. The number of hydrogen-bond acceptors (Lipinski definition) is 4. The Morgan fingerprint density at radius 1 is 1.53 bits per heavy atom. The summed E-state index contributed by atoms with van der Waals surface area (Å²) >= 11 is 0. The van der Waals surface area contributed by atoms with Gasteiger partial charge in [0.25, 0.3) is 0 Å². The molecular weight excluding hydrogens is 218 g/mol. The predicted octanol–water partition coefficient (Wildman–Crippen LogP) is 2.30. The molecule has 0 unspecified atom stereocenters. The van der Waals surface area contributed by atoms with Crippen molar-refractivity contribution in [3.8, 4) is 0 Å². The van der Waals surface area contributed by atoms with Gasteiger partial charge in [-0.15, -0.1) is 0 Å². The van der Waals surface area contributed by atoms with Crippen LogP contribution in [0.3, 0.4) is 0 Å². The Morgan fingerprint density at radius 3 is 2.94 bits per heavy atom. The highest BCUT2D eigenvalue weighted by Gasteiger charge is 2.08. The number of esters is 1. The van der Waals surface area contributed by atoms with Crippen molar-refractivity contribution in [3.63, 3.8) is 0 Å². The third-order valence-electron chi connectivity index (χ3n) is 2.53. The van der Waals surface area contributed by atoms with Crippen LogP contribution in [0.15, 0.2) is 23.4 Å². The number of aryl methyl sites for hydroxylation is 1. The second kappa shape index (κ2) is 6.68. The molecule has 17 heavy (non-hydrogen) atoms. The van der Waals surface area contributed by atoms with Gasteiger partial charge in [-0.05, 0) is 37.0 Å². The Bertz CT molecular complexity index is 413. The van der Waals surface area contributed by atoms with Gasteiger partial charge in [-0.3, -0.25) is 4.79 Å². The molecule has 0 fully saturated rings. The molecule has 0 saturated carbocycles. The Hall–Kier alpha value is -1.84. The Labute approximate surface area is 101 Å². The highest BCUT2D eigenvalue weighted by atomic mass is 16.5. The molecule has 0 aromatic heterocycles. The minimum absolute atomic E-state index is 0.206. The summed E-state index contributed by atoms with van der Waals surface area (Å²) in [6.07, 6.45) is 2.31. The van der Waals surface area contributed by atoms with Crippen LogP contribution in [0.5, 0.6) is 0 Å². The Morgan fingerprint density at radius 2 is 2.29 bits per heavy atom. The molecule has 0 spiro atoms. The highest BCUT2D eigenvalue weighted by Crippen LogP contribution is 2.15. The normalized spacial score (nSPS) is 10.7. The second-order valence-corrected chi connectivity index (χ2v) is 3.69. The van der Waals surface area contributed by atoms with Crippen molar-refractivity contribution in [2.45, 2.75) is 26.7 Å². The molecule has 0 aliphatic heterocycles. The van der Waals surface area contributed by atoms with Crippen LogP contribution in [0.25, 0.3) is 0 Å². The zero-order valence-electron chi connectivity index (χ0n) is 10.1. The van der Waals surface area contributed by atoms with Crippen LogP contribution in [0.2, 0.25) is 0 Å². The van der Waals surface area contributed by atoms with E-state index >= 15 is 0 Å². The molecule has 0 saturated heterocycles. The van der Waals surface area contributed by atoms with E-state index in [0.29, 0.717) is 19.4 Å². The molecule has 0 aliphatic carbocycles. The van der Waals surface area contributed by atoms with Gasteiger partial charge in [-0.2, -0.15) is 0 Å². The first-order valence-corrected chi connectivity index (χ1v) is 5.60. The van der Waals surface area contributed by atoms with Gasteiger partial charge < -0.3 is 9.94 Å². The molecule has 4 nitrogen and oxygen atoms in total. The summed E-state index contributed by atoms with van der Waals surface area (Å²) in [7, 11) is 0. The first-order valence-electron chi connectivity index (χ1n) is 5.60. The first-order chi connectivity index (χ1) is 8.19. The van der Waals surface area contributed by atoms with Crippen molar-refractivity contribution < 1.29 is 14.7 Å². The fourth-order valence-corrected chi connectivity index (χ4v) is 1.71. The maximum atomic E-state index is 11.3. The minimum Gasteiger partial charge on any atom is -0.466 e. The summed E-state index contributed by atoms with van der Waals surface area (Å²) in [6, 6.07) is 5.71. The number of hydrogen-bond donors (Lipinski definition) is 1. The van der Waals surface area contributed by atoms with Crippen molar-refractivity contribution in [2.75, 3.05) is 6.61 Å². The van der Waals surface area contributed by atoms with Gasteiger partial charge >= 0.3 is 5.97 Å². The van der Waals surface area contributed by atoms with Crippen LogP contribution in [0, 0.1) is 6.92 Å². The van der Waals surface area contributed by atoms with Gasteiger partial charge in [0.15, 0.2) is 0 Å². The monoisotopic (exact) mass is 235 g/mol. The molecule has 4 heteroatoms. The standard InChI is InChI=1S/C13H17NO3/c1-3-17-13(15)8-7-12-10(2)5-4-6-11(12)9-14-16/h4-6,9,16H,3,7-8H2,1-2H3/b14-9-. The van der Waals surface area contributed by atoms with Crippen molar-refractivity contribution in [2.24, 2.45) is 5.16 Å². The first kappa shape index (κ1) is 13.2. The lowest BCUT2D eigenvalue weighted by molar-refractivity contribution is -0.143. The summed E-state index contributed by atoms with van der Waals surface area (Å²) in [6.45, 7) is 4.16. The Balaban J connectivity index is 2.78. The van der Waals surface area contributed by atoms with Crippen molar-refractivity contribution in [1.82, 2.24) is 0 Å². The van der Waals surface area contributed by atoms with Crippen LogP contribution >= 0.6 is 0 Å². The van der Waals surface area contributed by atoms with Crippen LogP contribution in [-0.2, 0) is 16.0 Å². The fourth-order valence-electron chi connectivity index (χ4n) is 1.71. The van der Waals surface area contributed by atoms with E-state index < -0.39 is 0 Å². The highest BCUT2D eigenvalue weighted by molar-refractivity contribution is 5.82. The van der Waals surface area contributed by atoms with E-state index in [-0.39, 0.29) is 5.97 Å². The van der Waals surface area contributed by atoms with Gasteiger partial charge in [0.1, 0.15) is 0 Å². The van der Waals surface area contributed by atoms with E-state index in [1.54, 1.807) is 6.92 Å². The molecule has 92 valence electrons. The van der Waals surface area contributed by atoms with E-state index in [9.17, 15) is 4.79 Å². The zero-order chi connectivity index (χ0) is 12.7. The summed E-state index contributed by atoms with van der Waals surface area (Å²) in [4.78, 5) is 11.3. The largest absolute Gasteiger partial charge is 0.466 e. The molecule has 1 aromatic carbocycles. The van der Waals surface area contributed by atoms with Crippen LogP contribution in [0.4, 0.5) is 0 Å². The lowest BCUT2D eigenvalue weighted by atomic mass is 9.98. The third-order valence-corrected chi connectivity index (χ3v) is 2.53. The molecule has 0 bridgehead atoms. The maximum Gasteiger partial charge on any atom is 0.306 e. The quantitative estimate of drug-likeness (QED) is 0.369. The summed E-state index contributed by atoms with van der Waals surface area (Å²) < 4.78 is 4.88. The number of carbonyl (C=O) groups excluding carboxylic acids is 1. The lowest BCUT2D eigenvalue weighted by Gasteiger charge is -2.08. The average Bonchev–Trinajstić information content (AvgIpc) is 2.29. The van der Waals surface area contributed by atoms with E-state index in [1.807, 2.05) is 25.1 Å². The average molecular weight is 235 g/mol. The van der Waals surface area contributed by atoms with E-state index in [2.05, 4.69) is 5.16 Å². The SMILES string of the molecule is CCOC(=O)CCc1c(C)cccc1/C=N\O. The molecule has 1 aromatic rings. The minimum atomic E-state index is -0.206. The van der Waals surface area contributed by atoms with Crippen LogP contribution < -0.4 is 0 Å². The number of carbonyl (C=O) groups is 1. The number of nitrogens with zero attached hydrogens (tertiary/aromatic N) is 1. The molecular formula is C13H17NO3. The topological polar surface area (TPSA) is 58.9 Å². The summed E-state index contributed by atoms with van der Waals surface area (Å²) in [5, 5.41) is 11.6. The Kier molecular flexibility index (Phi) is 5.20. The maximum absolute atomic E-state index is 11.3. The fraction of sp³-hybridized carbons (Fsp3) is 0.385. The van der Waals surface area contributed by atoms with Gasteiger partial charge in [0, 0.05) is 6.42 Å². The lowest BCUT2D eigenvalue weighted by Crippen LogP contribution is -2.07. The van der Waals surface area contributed by atoms with E-state index in [1.165, 1.54) is 6.21 Å². The predicted molar refractivity (Wildman–Crippen MR) is 65.5 cm³/mol. The number of benzene rings is 1.